The van der Waals surface area contributed by atoms with Crippen LogP contribution in [0.1, 0.15) is 12.5 Å². The Morgan fingerprint density at radius 2 is 2.09 bits per heavy atom. The second-order valence-corrected chi connectivity index (χ2v) is 6.20. The van der Waals surface area contributed by atoms with Crippen molar-refractivity contribution in [3.63, 3.8) is 0 Å². The third-order valence-electron chi connectivity index (χ3n) is 3.63. The zero-order chi connectivity index (χ0) is 16.2. The van der Waals surface area contributed by atoms with E-state index >= 15 is 0 Å². The smallest absolute Gasteiger partial charge is 0.262 e. The van der Waals surface area contributed by atoms with Crippen LogP contribution in [0.25, 0.3) is 10.2 Å². The molecular formula is C17H18N2O3S. The van der Waals surface area contributed by atoms with Gasteiger partial charge in [0.05, 0.1) is 18.3 Å². The van der Waals surface area contributed by atoms with Gasteiger partial charge in [-0.05, 0) is 35.6 Å². The molecule has 0 saturated carbocycles. The third-order valence-corrected chi connectivity index (χ3v) is 4.45. The molecular weight excluding hydrogens is 312 g/mol. The molecule has 3 aromatic rings. The minimum atomic E-state index is -0.781. The van der Waals surface area contributed by atoms with Crippen molar-refractivity contribution >= 4 is 21.6 Å². The van der Waals surface area contributed by atoms with E-state index in [2.05, 4.69) is 11.9 Å². The molecule has 0 bridgehead atoms. The summed E-state index contributed by atoms with van der Waals surface area (Å²) < 4.78 is 6.99. The standard InChI is InChI=1S/C17H18N2O3S/c1-2-12-3-5-14(6-4-12)22-10-13(20)9-19-11-18-16-15(17(19)21)7-8-23-16/h3-8,11,13,20H,2,9-10H2,1H3. The molecule has 1 aromatic carbocycles. The van der Waals surface area contributed by atoms with Crippen molar-refractivity contribution < 1.29 is 9.84 Å². The molecule has 0 fully saturated rings. The highest BCUT2D eigenvalue weighted by Crippen LogP contribution is 2.14. The van der Waals surface area contributed by atoms with Crippen molar-refractivity contribution in [1.82, 2.24) is 9.55 Å². The average Bonchev–Trinajstić information content (AvgIpc) is 3.05. The average molecular weight is 330 g/mol. The van der Waals surface area contributed by atoms with Gasteiger partial charge in [-0.1, -0.05) is 19.1 Å². The maximum absolute atomic E-state index is 12.2. The first-order valence-electron chi connectivity index (χ1n) is 7.50. The van der Waals surface area contributed by atoms with Gasteiger partial charge >= 0.3 is 0 Å². The number of rotatable bonds is 6. The summed E-state index contributed by atoms with van der Waals surface area (Å²) in [7, 11) is 0. The van der Waals surface area contributed by atoms with Crippen LogP contribution < -0.4 is 10.3 Å². The third kappa shape index (κ3) is 3.60. The van der Waals surface area contributed by atoms with Crippen molar-refractivity contribution in [3.8, 4) is 5.75 Å². The summed E-state index contributed by atoms with van der Waals surface area (Å²) in [6.45, 7) is 2.37. The highest BCUT2D eigenvalue weighted by molar-refractivity contribution is 7.16. The van der Waals surface area contributed by atoms with Gasteiger partial charge in [0.25, 0.3) is 5.56 Å². The molecule has 0 aliphatic carbocycles. The highest BCUT2D eigenvalue weighted by atomic mass is 32.1. The van der Waals surface area contributed by atoms with Crippen LogP contribution in [0.4, 0.5) is 0 Å². The lowest BCUT2D eigenvalue weighted by Gasteiger charge is -2.14. The number of thiophene rings is 1. The molecule has 2 aromatic heterocycles. The Labute approximate surface area is 137 Å². The molecule has 5 nitrogen and oxygen atoms in total. The second kappa shape index (κ2) is 6.93. The highest BCUT2D eigenvalue weighted by Gasteiger charge is 2.10. The Morgan fingerprint density at radius 3 is 2.83 bits per heavy atom. The lowest BCUT2D eigenvalue weighted by atomic mass is 10.2. The summed E-state index contributed by atoms with van der Waals surface area (Å²) in [6.07, 6.45) is 1.67. The van der Waals surface area contributed by atoms with Crippen LogP contribution in [0.3, 0.4) is 0 Å². The summed E-state index contributed by atoms with van der Waals surface area (Å²) in [5.74, 6) is 0.708. The normalized spacial score (nSPS) is 12.4. The Bertz CT molecular complexity index is 839. The van der Waals surface area contributed by atoms with E-state index in [1.807, 2.05) is 29.6 Å². The van der Waals surface area contributed by atoms with Gasteiger partial charge in [0.2, 0.25) is 0 Å². The van der Waals surface area contributed by atoms with E-state index in [0.717, 1.165) is 6.42 Å². The number of aliphatic hydroxyl groups is 1. The maximum Gasteiger partial charge on any atom is 0.262 e. The van der Waals surface area contributed by atoms with E-state index in [9.17, 15) is 9.90 Å². The fourth-order valence-corrected chi connectivity index (χ4v) is 3.04. The van der Waals surface area contributed by atoms with Crippen LogP contribution in [0.2, 0.25) is 0 Å². The molecule has 3 rings (SSSR count). The molecule has 1 atom stereocenters. The van der Waals surface area contributed by atoms with E-state index in [0.29, 0.717) is 16.0 Å². The summed E-state index contributed by atoms with van der Waals surface area (Å²) in [5.41, 5.74) is 1.10. The Morgan fingerprint density at radius 1 is 1.30 bits per heavy atom. The maximum atomic E-state index is 12.2. The van der Waals surface area contributed by atoms with Crippen LogP contribution in [-0.4, -0.2) is 27.4 Å². The molecule has 0 radical (unpaired) electrons. The first-order chi connectivity index (χ1) is 11.2. The molecule has 2 heterocycles. The van der Waals surface area contributed by atoms with Gasteiger partial charge in [-0.15, -0.1) is 11.3 Å². The van der Waals surface area contributed by atoms with Crippen LogP contribution in [0.5, 0.6) is 5.75 Å². The van der Waals surface area contributed by atoms with Gasteiger partial charge < -0.3 is 9.84 Å². The van der Waals surface area contributed by atoms with E-state index in [4.69, 9.17) is 4.74 Å². The molecule has 120 valence electrons. The second-order valence-electron chi connectivity index (χ2n) is 5.30. The molecule has 6 heteroatoms. The van der Waals surface area contributed by atoms with Crippen molar-refractivity contribution in [2.75, 3.05) is 6.61 Å². The minimum Gasteiger partial charge on any atom is -0.491 e. The number of aromatic nitrogens is 2. The molecule has 1 N–H and O–H groups in total. The predicted molar refractivity (Wildman–Crippen MR) is 91.2 cm³/mol. The summed E-state index contributed by atoms with van der Waals surface area (Å²) in [5, 5.41) is 12.5. The van der Waals surface area contributed by atoms with E-state index in [1.54, 1.807) is 6.07 Å². The van der Waals surface area contributed by atoms with Crippen molar-refractivity contribution in [2.24, 2.45) is 0 Å². The van der Waals surface area contributed by atoms with Crippen LogP contribution in [0, 0.1) is 0 Å². The van der Waals surface area contributed by atoms with Gasteiger partial charge in [0, 0.05) is 0 Å². The van der Waals surface area contributed by atoms with Gasteiger partial charge in [-0.25, -0.2) is 4.98 Å². The monoisotopic (exact) mass is 330 g/mol. The number of nitrogens with zero attached hydrogens (tertiary/aromatic N) is 2. The Balaban J connectivity index is 1.62. The number of ether oxygens (including phenoxy) is 1. The topological polar surface area (TPSA) is 64.3 Å². The first-order valence-corrected chi connectivity index (χ1v) is 8.37. The van der Waals surface area contributed by atoms with Crippen LogP contribution in [0.15, 0.2) is 46.8 Å². The van der Waals surface area contributed by atoms with Crippen LogP contribution in [-0.2, 0) is 13.0 Å². The lowest BCUT2D eigenvalue weighted by molar-refractivity contribution is 0.0915. The molecule has 0 aliphatic heterocycles. The number of benzene rings is 1. The molecule has 0 aliphatic rings. The number of hydrogen-bond acceptors (Lipinski definition) is 5. The van der Waals surface area contributed by atoms with Crippen molar-refractivity contribution in [2.45, 2.75) is 26.0 Å². The summed E-state index contributed by atoms with van der Waals surface area (Å²) in [6, 6.07) is 9.53. The van der Waals surface area contributed by atoms with Crippen molar-refractivity contribution in [1.29, 1.82) is 0 Å². The number of aliphatic hydroxyl groups excluding tert-OH is 1. The SMILES string of the molecule is CCc1ccc(OCC(O)Cn2cnc3sccc3c2=O)cc1. The van der Waals surface area contributed by atoms with Gasteiger partial charge in [-0.2, -0.15) is 0 Å². The fourth-order valence-electron chi connectivity index (χ4n) is 2.32. The molecule has 0 saturated heterocycles. The van der Waals surface area contributed by atoms with Gasteiger partial charge in [-0.3, -0.25) is 9.36 Å². The zero-order valence-electron chi connectivity index (χ0n) is 12.8. The lowest BCUT2D eigenvalue weighted by Crippen LogP contribution is -2.30. The largest absolute Gasteiger partial charge is 0.491 e. The summed E-state index contributed by atoms with van der Waals surface area (Å²) >= 11 is 1.43. The van der Waals surface area contributed by atoms with E-state index in [-0.39, 0.29) is 18.7 Å². The van der Waals surface area contributed by atoms with Gasteiger partial charge in [0.15, 0.2) is 0 Å². The first kappa shape index (κ1) is 15.7. The molecule has 23 heavy (non-hydrogen) atoms. The molecule has 0 spiro atoms. The quantitative estimate of drug-likeness (QED) is 0.754. The number of hydrogen-bond donors (Lipinski definition) is 1. The van der Waals surface area contributed by atoms with E-state index in [1.165, 1.54) is 27.8 Å². The number of aryl methyl sites for hydroxylation is 1. The van der Waals surface area contributed by atoms with Crippen molar-refractivity contribution in [3.05, 3.63) is 58.0 Å². The van der Waals surface area contributed by atoms with Gasteiger partial charge in [0.1, 0.15) is 23.3 Å². The van der Waals surface area contributed by atoms with Crippen LogP contribution >= 0.6 is 11.3 Å². The van der Waals surface area contributed by atoms with E-state index < -0.39 is 6.10 Å². The minimum absolute atomic E-state index is 0.125. The summed E-state index contributed by atoms with van der Waals surface area (Å²) in [4.78, 5) is 17.2. The Hall–Kier alpha value is -2.18. The molecule has 1 unspecified atom stereocenters. The number of fused-ring (bicyclic) bond motifs is 1. The zero-order valence-corrected chi connectivity index (χ0v) is 13.6. The fraction of sp³-hybridized carbons (Fsp3) is 0.294. The Kier molecular flexibility index (Phi) is 4.73. The predicted octanol–water partition coefficient (Wildman–Crippen LogP) is 2.46. The molecule has 0 amide bonds.